The van der Waals surface area contributed by atoms with Gasteiger partial charge < -0.3 is 10.2 Å². The van der Waals surface area contributed by atoms with E-state index in [-0.39, 0.29) is 23.6 Å². The summed E-state index contributed by atoms with van der Waals surface area (Å²) in [4.78, 5) is 28.1. The van der Waals surface area contributed by atoms with Gasteiger partial charge in [-0.2, -0.15) is 0 Å². The number of hydrogen-bond acceptors (Lipinski definition) is 3. The van der Waals surface area contributed by atoms with Crippen LogP contribution < -0.4 is 5.32 Å². The summed E-state index contributed by atoms with van der Waals surface area (Å²) in [5.74, 6) is 0.0883. The molecule has 1 atom stereocenters. The van der Waals surface area contributed by atoms with Gasteiger partial charge in [-0.25, -0.2) is 0 Å². The molecule has 1 unspecified atom stereocenters. The van der Waals surface area contributed by atoms with Crippen molar-refractivity contribution in [2.45, 2.75) is 44.3 Å². The van der Waals surface area contributed by atoms with Crippen LogP contribution in [0, 0.1) is 0 Å². The Kier molecular flexibility index (Phi) is 8.38. The molecule has 2 aromatic carbocycles. The maximum Gasteiger partial charge on any atom is 0.242 e. The smallest absolute Gasteiger partial charge is 0.242 e. The van der Waals surface area contributed by atoms with E-state index in [1.165, 1.54) is 11.8 Å². The topological polar surface area (TPSA) is 49.4 Å². The second-order valence-electron chi connectivity index (χ2n) is 6.59. The van der Waals surface area contributed by atoms with Crippen LogP contribution in [0.1, 0.15) is 26.3 Å². The van der Waals surface area contributed by atoms with E-state index in [2.05, 4.69) is 21.2 Å². The van der Waals surface area contributed by atoms with Crippen LogP contribution in [0.5, 0.6) is 0 Å². The van der Waals surface area contributed by atoms with Gasteiger partial charge in [-0.1, -0.05) is 46.3 Å². The van der Waals surface area contributed by atoms with Gasteiger partial charge in [-0.15, -0.1) is 11.8 Å². The number of nitrogens with one attached hydrogen (secondary N) is 1. The quantitative estimate of drug-likeness (QED) is 0.605. The maximum absolute atomic E-state index is 13.0. The number of carbonyl (C=O) groups excluding carboxylic acids is 2. The standard InChI is InChI=1S/C21H25BrN2O2S/c1-15(2)23-21(26)16(3)24(13-17-8-7-9-18(22)12-17)20(25)14-27-19-10-5-4-6-11-19/h4-12,15-16H,13-14H2,1-3H3,(H,23,26). The molecule has 0 heterocycles. The number of amides is 2. The molecule has 2 rings (SSSR count). The van der Waals surface area contributed by atoms with Crippen molar-refractivity contribution in [2.24, 2.45) is 0 Å². The van der Waals surface area contributed by atoms with E-state index in [1.807, 2.05) is 68.4 Å². The molecule has 6 heteroatoms. The van der Waals surface area contributed by atoms with Crippen molar-refractivity contribution in [3.05, 3.63) is 64.6 Å². The van der Waals surface area contributed by atoms with Gasteiger partial charge in [0.1, 0.15) is 6.04 Å². The zero-order valence-electron chi connectivity index (χ0n) is 15.8. The number of benzene rings is 2. The van der Waals surface area contributed by atoms with Gasteiger partial charge >= 0.3 is 0 Å². The van der Waals surface area contributed by atoms with Crippen LogP contribution in [0.2, 0.25) is 0 Å². The van der Waals surface area contributed by atoms with Gasteiger partial charge in [0.25, 0.3) is 0 Å². The second kappa shape index (κ2) is 10.5. The lowest BCUT2D eigenvalue weighted by molar-refractivity contribution is -0.138. The van der Waals surface area contributed by atoms with Crippen LogP contribution in [0.3, 0.4) is 0 Å². The van der Waals surface area contributed by atoms with E-state index in [4.69, 9.17) is 0 Å². The van der Waals surface area contributed by atoms with Crippen molar-refractivity contribution >= 4 is 39.5 Å². The van der Waals surface area contributed by atoms with Crippen molar-refractivity contribution < 1.29 is 9.59 Å². The van der Waals surface area contributed by atoms with Crippen LogP contribution in [0.4, 0.5) is 0 Å². The Bertz CT molecular complexity index is 768. The average Bonchev–Trinajstić information content (AvgIpc) is 2.64. The molecule has 0 aliphatic carbocycles. The molecule has 0 saturated carbocycles. The molecule has 27 heavy (non-hydrogen) atoms. The summed E-state index contributed by atoms with van der Waals surface area (Å²) in [6.07, 6.45) is 0. The molecular weight excluding hydrogens is 424 g/mol. The lowest BCUT2D eigenvalue weighted by atomic mass is 10.1. The highest BCUT2D eigenvalue weighted by atomic mass is 79.9. The van der Waals surface area contributed by atoms with Crippen molar-refractivity contribution in [1.29, 1.82) is 0 Å². The van der Waals surface area contributed by atoms with Crippen molar-refractivity contribution in [1.82, 2.24) is 10.2 Å². The molecule has 0 aromatic heterocycles. The first-order valence-corrected chi connectivity index (χ1v) is 10.7. The fourth-order valence-corrected chi connectivity index (χ4v) is 3.82. The SMILES string of the molecule is CC(C)NC(=O)C(C)N(Cc1cccc(Br)c1)C(=O)CSc1ccccc1. The fraction of sp³-hybridized carbons (Fsp3) is 0.333. The predicted molar refractivity (Wildman–Crippen MR) is 115 cm³/mol. The molecule has 0 saturated heterocycles. The predicted octanol–water partition coefficient (Wildman–Crippen LogP) is 4.48. The minimum atomic E-state index is -0.546. The van der Waals surface area contributed by atoms with Crippen LogP contribution >= 0.6 is 27.7 Å². The maximum atomic E-state index is 13.0. The molecule has 144 valence electrons. The van der Waals surface area contributed by atoms with Crippen LogP contribution in [-0.4, -0.2) is 34.6 Å². The zero-order chi connectivity index (χ0) is 19.8. The second-order valence-corrected chi connectivity index (χ2v) is 8.56. The Balaban J connectivity index is 2.14. The Labute approximate surface area is 173 Å². The normalized spacial score (nSPS) is 11.9. The molecule has 0 aliphatic heterocycles. The van der Waals surface area contributed by atoms with Crippen LogP contribution in [0.15, 0.2) is 64.0 Å². The lowest BCUT2D eigenvalue weighted by Gasteiger charge is -2.29. The van der Waals surface area contributed by atoms with E-state index < -0.39 is 6.04 Å². The van der Waals surface area contributed by atoms with E-state index in [9.17, 15) is 9.59 Å². The minimum absolute atomic E-state index is 0.0291. The molecule has 0 radical (unpaired) electrons. The summed E-state index contributed by atoms with van der Waals surface area (Å²) in [5, 5.41) is 2.90. The highest BCUT2D eigenvalue weighted by Gasteiger charge is 2.26. The average molecular weight is 449 g/mol. The highest BCUT2D eigenvalue weighted by molar-refractivity contribution is 9.10. The van der Waals surface area contributed by atoms with Crippen molar-refractivity contribution in [3.63, 3.8) is 0 Å². The first-order valence-electron chi connectivity index (χ1n) is 8.89. The molecular formula is C21H25BrN2O2S. The van der Waals surface area contributed by atoms with E-state index in [0.717, 1.165) is 14.9 Å². The zero-order valence-corrected chi connectivity index (χ0v) is 18.2. The molecule has 0 aliphatic rings. The summed E-state index contributed by atoms with van der Waals surface area (Å²) in [6.45, 7) is 5.99. The fourth-order valence-electron chi connectivity index (χ4n) is 2.56. The molecule has 2 aromatic rings. The summed E-state index contributed by atoms with van der Waals surface area (Å²) >= 11 is 4.94. The first kappa shape index (κ1) is 21.5. The number of halogens is 1. The molecule has 1 N–H and O–H groups in total. The molecule has 4 nitrogen and oxygen atoms in total. The third kappa shape index (κ3) is 7.03. The van der Waals surface area contributed by atoms with Crippen LogP contribution in [0.25, 0.3) is 0 Å². The van der Waals surface area contributed by atoms with Crippen molar-refractivity contribution in [3.8, 4) is 0 Å². The van der Waals surface area contributed by atoms with E-state index >= 15 is 0 Å². The molecule has 0 bridgehead atoms. The summed E-state index contributed by atoms with van der Waals surface area (Å²) in [5.41, 5.74) is 0.978. The highest BCUT2D eigenvalue weighted by Crippen LogP contribution is 2.20. The van der Waals surface area contributed by atoms with Crippen molar-refractivity contribution in [2.75, 3.05) is 5.75 Å². The van der Waals surface area contributed by atoms with Gasteiger partial charge in [0, 0.05) is 22.0 Å². The summed E-state index contributed by atoms with van der Waals surface area (Å²) in [7, 11) is 0. The Morgan fingerprint density at radius 2 is 1.78 bits per heavy atom. The first-order chi connectivity index (χ1) is 12.9. The number of thioether (sulfide) groups is 1. The summed E-state index contributed by atoms with van der Waals surface area (Å²) in [6, 6.07) is 17.1. The monoisotopic (exact) mass is 448 g/mol. The number of carbonyl (C=O) groups is 2. The van der Waals surface area contributed by atoms with Crippen LogP contribution in [-0.2, 0) is 16.1 Å². The Morgan fingerprint density at radius 1 is 1.07 bits per heavy atom. The van der Waals surface area contributed by atoms with Gasteiger partial charge in [0.05, 0.1) is 5.75 Å². The minimum Gasteiger partial charge on any atom is -0.352 e. The largest absolute Gasteiger partial charge is 0.352 e. The Hall–Kier alpha value is -1.79. The van der Waals surface area contributed by atoms with Gasteiger partial charge in [-0.05, 0) is 50.6 Å². The third-order valence-electron chi connectivity index (χ3n) is 3.95. The molecule has 2 amide bonds. The Morgan fingerprint density at radius 3 is 2.41 bits per heavy atom. The summed E-state index contributed by atoms with van der Waals surface area (Å²) < 4.78 is 0.949. The lowest BCUT2D eigenvalue weighted by Crippen LogP contribution is -2.49. The van der Waals surface area contributed by atoms with Gasteiger partial charge in [0.2, 0.25) is 11.8 Å². The van der Waals surface area contributed by atoms with E-state index in [1.54, 1.807) is 11.8 Å². The molecule has 0 spiro atoms. The number of rotatable bonds is 8. The third-order valence-corrected chi connectivity index (χ3v) is 5.44. The number of hydrogen-bond donors (Lipinski definition) is 1. The molecule has 0 fully saturated rings. The van der Waals surface area contributed by atoms with Gasteiger partial charge in [-0.3, -0.25) is 9.59 Å². The number of nitrogens with zero attached hydrogens (tertiary/aromatic N) is 1. The van der Waals surface area contributed by atoms with E-state index in [0.29, 0.717) is 6.54 Å². The van der Waals surface area contributed by atoms with Gasteiger partial charge in [0.15, 0.2) is 0 Å².